The fraction of sp³-hybridized carbons (Fsp3) is 0.571. The van der Waals surface area contributed by atoms with Crippen molar-refractivity contribution in [1.29, 1.82) is 0 Å². The van der Waals surface area contributed by atoms with Crippen molar-refractivity contribution in [2.24, 2.45) is 0 Å². The molecule has 1 aromatic rings. The average molecular weight is 284 g/mol. The molecule has 0 heterocycles. The molecule has 1 rings (SSSR count). The Balaban J connectivity index is 2.65. The van der Waals surface area contributed by atoms with Gasteiger partial charge in [-0.2, -0.15) is 4.31 Å². The minimum Gasteiger partial charge on any atom is -0.302 e. The van der Waals surface area contributed by atoms with E-state index in [1.165, 1.54) is 4.31 Å². The molecule has 108 valence electrons. The monoisotopic (exact) mass is 284 g/mol. The third kappa shape index (κ3) is 4.60. The van der Waals surface area contributed by atoms with E-state index in [0.717, 1.165) is 26.1 Å². The van der Waals surface area contributed by atoms with Gasteiger partial charge in [-0.15, -0.1) is 0 Å². The van der Waals surface area contributed by atoms with Gasteiger partial charge in [0.05, 0.1) is 4.90 Å². The van der Waals surface area contributed by atoms with Crippen molar-refractivity contribution < 1.29 is 8.42 Å². The van der Waals surface area contributed by atoms with Crippen LogP contribution in [0.2, 0.25) is 0 Å². The van der Waals surface area contributed by atoms with E-state index < -0.39 is 10.0 Å². The molecule has 1 aromatic carbocycles. The fourth-order valence-electron chi connectivity index (χ4n) is 1.92. The lowest BCUT2D eigenvalue weighted by Gasteiger charge is -2.23. The van der Waals surface area contributed by atoms with Crippen LogP contribution < -0.4 is 0 Å². The Morgan fingerprint density at radius 3 is 2.16 bits per heavy atom. The lowest BCUT2D eigenvalue weighted by Crippen LogP contribution is -2.36. The molecular weight excluding hydrogens is 260 g/mol. The van der Waals surface area contributed by atoms with Crippen LogP contribution in [0.25, 0.3) is 0 Å². The SMILES string of the molecule is CCCN(CC)CCN(C)S(=O)(=O)c1ccccc1. The van der Waals surface area contributed by atoms with E-state index in [0.29, 0.717) is 11.4 Å². The number of hydrogen-bond donors (Lipinski definition) is 0. The van der Waals surface area contributed by atoms with Crippen LogP contribution in [-0.4, -0.2) is 50.8 Å². The molecule has 0 aliphatic heterocycles. The first-order valence-corrected chi connectivity index (χ1v) is 8.20. The Kier molecular flexibility index (Phi) is 6.48. The summed E-state index contributed by atoms with van der Waals surface area (Å²) in [6, 6.07) is 8.58. The van der Waals surface area contributed by atoms with Crippen molar-refractivity contribution in [3.8, 4) is 0 Å². The Morgan fingerprint density at radius 1 is 1.00 bits per heavy atom. The van der Waals surface area contributed by atoms with Crippen LogP contribution in [-0.2, 0) is 10.0 Å². The van der Waals surface area contributed by atoms with Crippen molar-refractivity contribution in [3.63, 3.8) is 0 Å². The van der Waals surface area contributed by atoms with Gasteiger partial charge in [-0.05, 0) is 31.6 Å². The van der Waals surface area contributed by atoms with Crippen molar-refractivity contribution in [3.05, 3.63) is 30.3 Å². The lowest BCUT2D eigenvalue weighted by molar-refractivity contribution is 0.270. The van der Waals surface area contributed by atoms with E-state index in [4.69, 9.17) is 0 Å². The van der Waals surface area contributed by atoms with Gasteiger partial charge in [-0.1, -0.05) is 32.0 Å². The zero-order chi connectivity index (χ0) is 14.3. The van der Waals surface area contributed by atoms with E-state index in [1.807, 2.05) is 6.07 Å². The van der Waals surface area contributed by atoms with Crippen LogP contribution in [0.15, 0.2) is 35.2 Å². The Morgan fingerprint density at radius 2 is 1.63 bits per heavy atom. The van der Waals surface area contributed by atoms with Gasteiger partial charge in [-0.3, -0.25) is 0 Å². The molecule has 0 aliphatic carbocycles. The molecule has 0 bridgehead atoms. The number of nitrogens with zero attached hydrogens (tertiary/aromatic N) is 2. The molecule has 0 aromatic heterocycles. The maximum atomic E-state index is 12.3. The van der Waals surface area contributed by atoms with Crippen LogP contribution >= 0.6 is 0 Å². The second-order valence-corrected chi connectivity index (χ2v) is 6.62. The summed E-state index contributed by atoms with van der Waals surface area (Å²) in [6.45, 7) is 7.48. The highest BCUT2D eigenvalue weighted by molar-refractivity contribution is 7.89. The van der Waals surface area contributed by atoms with E-state index >= 15 is 0 Å². The molecule has 0 N–H and O–H groups in total. The van der Waals surface area contributed by atoms with E-state index in [9.17, 15) is 8.42 Å². The van der Waals surface area contributed by atoms with Crippen molar-refractivity contribution in [2.45, 2.75) is 25.2 Å². The van der Waals surface area contributed by atoms with Crippen LogP contribution in [0.4, 0.5) is 0 Å². The molecule has 0 unspecified atom stereocenters. The molecule has 0 spiro atoms. The van der Waals surface area contributed by atoms with Crippen molar-refractivity contribution in [2.75, 3.05) is 33.2 Å². The number of rotatable bonds is 8. The third-order valence-corrected chi connectivity index (χ3v) is 5.04. The number of sulfonamides is 1. The van der Waals surface area contributed by atoms with Gasteiger partial charge >= 0.3 is 0 Å². The molecule has 0 saturated carbocycles. The zero-order valence-corrected chi connectivity index (χ0v) is 12.9. The van der Waals surface area contributed by atoms with E-state index in [-0.39, 0.29) is 0 Å². The molecule has 0 aliphatic rings. The topological polar surface area (TPSA) is 40.6 Å². The maximum absolute atomic E-state index is 12.3. The molecule has 4 nitrogen and oxygen atoms in total. The fourth-order valence-corrected chi connectivity index (χ4v) is 3.10. The highest BCUT2D eigenvalue weighted by atomic mass is 32.2. The molecule has 19 heavy (non-hydrogen) atoms. The predicted octanol–water partition coefficient (Wildman–Crippen LogP) is 2.04. The second kappa shape index (κ2) is 7.62. The normalized spacial score (nSPS) is 12.3. The van der Waals surface area contributed by atoms with Gasteiger partial charge in [0.2, 0.25) is 10.0 Å². The van der Waals surface area contributed by atoms with Crippen LogP contribution in [0.3, 0.4) is 0 Å². The van der Waals surface area contributed by atoms with Crippen LogP contribution in [0.5, 0.6) is 0 Å². The van der Waals surface area contributed by atoms with E-state index in [2.05, 4.69) is 18.7 Å². The van der Waals surface area contributed by atoms with Gasteiger partial charge in [0.1, 0.15) is 0 Å². The Hall–Kier alpha value is -0.910. The van der Waals surface area contributed by atoms with Crippen molar-refractivity contribution >= 4 is 10.0 Å². The first kappa shape index (κ1) is 16.1. The zero-order valence-electron chi connectivity index (χ0n) is 12.0. The summed E-state index contributed by atoms with van der Waals surface area (Å²) in [5.41, 5.74) is 0. The first-order chi connectivity index (χ1) is 9.02. The third-order valence-electron chi connectivity index (χ3n) is 3.17. The van der Waals surface area contributed by atoms with Crippen LogP contribution in [0.1, 0.15) is 20.3 Å². The second-order valence-electron chi connectivity index (χ2n) is 4.57. The summed E-state index contributed by atoms with van der Waals surface area (Å²) >= 11 is 0. The summed E-state index contributed by atoms with van der Waals surface area (Å²) in [7, 11) is -1.71. The molecule has 0 fully saturated rings. The smallest absolute Gasteiger partial charge is 0.242 e. The highest BCUT2D eigenvalue weighted by Crippen LogP contribution is 2.13. The largest absolute Gasteiger partial charge is 0.302 e. The lowest BCUT2D eigenvalue weighted by atomic mass is 10.4. The quantitative estimate of drug-likeness (QED) is 0.733. The standard InChI is InChI=1S/C14H24N2O2S/c1-4-11-16(5-2)13-12-15(3)19(17,18)14-9-7-6-8-10-14/h6-10H,4-5,11-13H2,1-3H3. The summed E-state index contributed by atoms with van der Waals surface area (Å²) in [5, 5.41) is 0. The van der Waals surface area contributed by atoms with Gasteiger partial charge in [-0.25, -0.2) is 8.42 Å². The first-order valence-electron chi connectivity index (χ1n) is 6.76. The van der Waals surface area contributed by atoms with Gasteiger partial charge < -0.3 is 4.90 Å². The van der Waals surface area contributed by atoms with Crippen molar-refractivity contribution in [1.82, 2.24) is 9.21 Å². The maximum Gasteiger partial charge on any atom is 0.242 e. The number of hydrogen-bond acceptors (Lipinski definition) is 3. The molecule has 0 amide bonds. The Bertz CT molecular complexity index is 460. The summed E-state index contributed by atoms with van der Waals surface area (Å²) in [4.78, 5) is 2.62. The molecular formula is C14H24N2O2S. The molecule has 0 saturated heterocycles. The van der Waals surface area contributed by atoms with Gasteiger partial charge in [0.25, 0.3) is 0 Å². The average Bonchev–Trinajstić information content (AvgIpc) is 2.43. The summed E-state index contributed by atoms with van der Waals surface area (Å²) < 4.78 is 26.0. The summed E-state index contributed by atoms with van der Waals surface area (Å²) in [5.74, 6) is 0. The summed E-state index contributed by atoms with van der Waals surface area (Å²) in [6.07, 6.45) is 1.09. The molecule has 0 atom stereocenters. The van der Waals surface area contributed by atoms with Gasteiger partial charge in [0, 0.05) is 20.1 Å². The number of likely N-dealkylation sites (N-methyl/N-ethyl adjacent to an activating group) is 2. The Labute approximate surface area is 117 Å². The van der Waals surface area contributed by atoms with E-state index in [1.54, 1.807) is 31.3 Å². The minimum atomic E-state index is -3.35. The highest BCUT2D eigenvalue weighted by Gasteiger charge is 2.20. The minimum absolute atomic E-state index is 0.357. The van der Waals surface area contributed by atoms with Crippen LogP contribution in [0, 0.1) is 0 Å². The molecule has 5 heteroatoms. The van der Waals surface area contributed by atoms with Gasteiger partial charge in [0.15, 0.2) is 0 Å². The number of benzene rings is 1. The predicted molar refractivity (Wildman–Crippen MR) is 78.7 cm³/mol. The molecule has 0 radical (unpaired) electrons.